The van der Waals surface area contributed by atoms with Crippen LogP contribution in [0.15, 0.2) is 48.5 Å². The van der Waals surface area contributed by atoms with Crippen LogP contribution in [0.25, 0.3) is 0 Å². The summed E-state index contributed by atoms with van der Waals surface area (Å²) in [7, 11) is 0. The van der Waals surface area contributed by atoms with E-state index < -0.39 is 6.10 Å². The summed E-state index contributed by atoms with van der Waals surface area (Å²) in [5.41, 5.74) is 2.67. The fourth-order valence-corrected chi connectivity index (χ4v) is 3.25. The number of fused-ring (bicyclic) bond motifs is 1. The minimum atomic E-state index is -0.505. The molecule has 1 aliphatic rings. The molecule has 2 amide bonds. The van der Waals surface area contributed by atoms with Crippen LogP contribution in [0.5, 0.6) is 5.75 Å². The molecule has 0 fully saturated rings. The van der Waals surface area contributed by atoms with E-state index in [4.69, 9.17) is 4.74 Å². The van der Waals surface area contributed by atoms with E-state index in [0.717, 1.165) is 24.9 Å². The quantitative estimate of drug-likeness (QED) is 0.800. The molecule has 2 aromatic carbocycles. The Morgan fingerprint density at radius 2 is 1.96 bits per heavy atom. The average Bonchev–Trinajstić information content (AvgIpc) is 2.66. The topological polar surface area (TPSA) is 58.6 Å². The van der Waals surface area contributed by atoms with Crippen molar-refractivity contribution in [3.8, 4) is 5.75 Å². The van der Waals surface area contributed by atoms with E-state index in [9.17, 15) is 9.59 Å². The highest BCUT2D eigenvalue weighted by molar-refractivity contribution is 6.01. The van der Waals surface area contributed by atoms with Crippen molar-refractivity contribution in [2.75, 3.05) is 16.8 Å². The van der Waals surface area contributed by atoms with E-state index in [2.05, 4.69) is 17.4 Å². The van der Waals surface area contributed by atoms with Crippen LogP contribution in [0, 0.1) is 0 Å². The van der Waals surface area contributed by atoms with E-state index in [-0.39, 0.29) is 11.8 Å². The van der Waals surface area contributed by atoms with Gasteiger partial charge in [-0.1, -0.05) is 37.3 Å². The molecular formula is C22H26N2O3. The first kappa shape index (κ1) is 19.0. The number of aryl methyl sites for hydroxylation is 1. The number of amides is 2. The number of nitrogens with zero attached hydrogens (tertiary/aromatic N) is 1. The van der Waals surface area contributed by atoms with Crippen molar-refractivity contribution in [3.63, 3.8) is 0 Å². The molecule has 1 heterocycles. The van der Waals surface area contributed by atoms with Gasteiger partial charge in [-0.25, -0.2) is 0 Å². The third kappa shape index (κ3) is 4.67. The van der Waals surface area contributed by atoms with Crippen molar-refractivity contribution < 1.29 is 14.3 Å². The lowest BCUT2D eigenvalue weighted by atomic mass is 10.1. The highest BCUT2D eigenvalue weighted by atomic mass is 16.5. The number of hydrogen-bond acceptors (Lipinski definition) is 3. The van der Waals surface area contributed by atoms with Gasteiger partial charge in [0, 0.05) is 18.7 Å². The van der Waals surface area contributed by atoms with Gasteiger partial charge in [-0.05, 0) is 49.9 Å². The molecule has 5 nitrogen and oxygen atoms in total. The summed E-state index contributed by atoms with van der Waals surface area (Å²) < 4.78 is 5.74. The lowest BCUT2D eigenvalue weighted by Crippen LogP contribution is -2.45. The van der Waals surface area contributed by atoms with Crippen molar-refractivity contribution in [1.82, 2.24) is 0 Å². The number of hydrogen-bond donors (Lipinski definition) is 1. The summed E-state index contributed by atoms with van der Waals surface area (Å²) in [6, 6.07) is 15.7. The van der Waals surface area contributed by atoms with Gasteiger partial charge in [0.1, 0.15) is 5.75 Å². The molecule has 1 unspecified atom stereocenters. The van der Waals surface area contributed by atoms with Crippen LogP contribution in [-0.2, 0) is 16.0 Å². The Morgan fingerprint density at radius 1 is 1.19 bits per heavy atom. The molecule has 0 saturated heterocycles. The van der Waals surface area contributed by atoms with Gasteiger partial charge in [-0.15, -0.1) is 0 Å². The molecule has 2 aromatic rings. The first-order valence-electron chi connectivity index (χ1n) is 9.54. The minimum Gasteiger partial charge on any atom is -0.479 e. The number of benzene rings is 2. The van der Waals surface area contributed by atoms with Crippen LogP contribution >= 0.6 is 0 Å². The second-order valence-electron chi connectivity index (χ2n) is 6.82. The van der Waals surface area contributed by atoms with Crippen molar-refractivity contribution >= 4 is 23.2 Å². The molecule has 0 saturated carbocycles. The summed E-state index contributed by atoms with van der Waals surface area (Å²) >= 11 is 0. The first-order valence-corrected chi connectivity index (χ1v) is 9.54. The third-order valence-corrected chi connectivity index (χ3v) is 4.62. The molecule has 5 heteroatoms. The zero-order chi connectivity index (χ0) is 19.2. The maximum atomic E-state index is 12.7. The molecule has 0 radical (unpaired) electrons. The lowest BCUT2D eigenvalue weighted by Gasteiger charge is -2.33. The van der Waals surface area contributed by atoms with Crippen LogP contribution < -0.4 is 15.0 Å². The second kappa shape index (κ2) is 8.71. The number of rotatable bonds is 7. The van der Waals surface area contributed by atoms with Gasteiger partial charge in [0.2, 0.25) is 5.91 Å². The van der Waals surface area contributed by atoms with Crippen molar-refractivity contribution in [2.45, 2.75) is 45.6 Å². The zero-order valence-corrected chi connectivity index (χ0v) is 15.9. The van der Waals surface area contributed by atoms with Crippen LogP contribution in [0.4, 0.5) is 11.4 Å². The Balaban J connectivity index is 1.75. The van der Waals surface area contributed by atoms with E-state index in [1.165, 1.54) is 5.56 Å². The molecule has 1 atom stereocenters. The molecule has 1 aliphatic heterocycles. The molecule has 142 valence electrons. The molecular weight excluding hydrogens is 340 g/mol. The van der Waals surface area contributed by atoms with Crippen molar-refractivity contribution in [1.29, 1.82) is 0 Å². The van der Waals surface area contributed by atoms with E-state index in [1.54, 1.807) is 11.8 Å². The number of carbonyl (C=O) groups is 2. The van der Waals surface area contributed by atoms with E-state index in [1.807, 2.05) is 43.3 Å². The Kier molecular flexibility index (Phi) is 6.12. The van der Waals surface area contributed by atoms with E-state index in [0.29, 0.717) is 24.4 Å². The van der Waals surface area contributed by atoms with Crippen LogP contribution in [0.1, 0.15) is 38.7 Å². The summed E-state index contributed by atoms with van der Waals surface area (Å²) in [4.78, 5) is 26.3. The predicted molar refractivity (Wildman–Crippen MR) is 107 cm³/mol. The third-order valence-electron chi connectivity index (χ3n) is 4.62. The molecule has 0 bridgehead atoms. The van der Waals surface area contributed by atoms with Crippen LogP contribution in [0.2, 0.25) is 0 Å². The van der Waals surface area contributed by atoms with Crippen molar-refractivity contribution in [3.05, 3.63) is 54.1 Å². The van der Waals surface area contributed by atoms with Gasteiger partial charge in [0.05, 0.1) is 5.69 Å². The maximum Gasteiger partial charge on any atom is 0.267 e. The second-order valence-corrected chi connectivity index (χ2v) is 6.82. The van der Waals surface area contributed by atoms with E-state index >= 15 is 0 Å². The monoisotopic (exact) mass is 366 g/mol. The zero-order valence-electron chi connectivity index (χ0n) is 15.9. The fraction of sp³-hybridized carbons (Fsp3) is 0.364. The number of anilines is 2. The van der Waals surface area contributed by atoms with Gasteiger partial charge < -0.3 is 15.0 Å². The summed E-state index contributed by atoms with van der Waals surface area (Å²) in [6.45, 7) is 4.35. The standard InChI is InChI=1S/C22H26N2O3/c1-3-8-21(25)23-18-12-13-20-19(15-18)24(22(26)16(2)27-20)14-7-11-17-9-5-4-6-10-17/h4-6,9-10,12-13,15-16H,3,7-8,11,14H2,1-2H3,(H,23,25). The molecule has 27 heavy (non-hydrogen) atoms. The SMILES string of the molecule is CCCC(=O)Nc1ccc2c(c1)N(CCCc1ccccc1)C(=O)C(C)O2. The number of nitrogens with one attached hydrogen (secondary N) is 1. The highest BCUT2D eigenvalue weighted by Gasteiger charge is 2.31. The Morgan fingerprint density at radius 3 is 2.70 bits per heavy atom. The summed E-state index contributed by atoms with van der Waals surface area (Å²) in [5.74, 6) is 0.604. The van der Waals surface area contributed by atoms with Gasteiger partial charge in [-0.3, -0.25) is 9.59 Å². The highest BCUT2D eigenvalue weighted by Crippen LogP contribution is 2.36. The van der Waals surface area contributed by atoms with Gasteiger partial charge in [0.15, 0.2) is 6.10 Å². The van der Waals surface area contributed by atoms with Crippen molar-refractivity contribution in [2.24, 2.45) is 0 Å². The smallest absolute Gasteiger partial charge is 0.267 e. The van der Waals surface area contributed by atoms with Crippen LogP contribution in [0.3, 0.4) is 0 Å². The lowest BCUT2D eigenvalue weighted by molar-refractivity contribution is -0.125. The molecule has 0 aliphatic carbocycles. The molecule has 3 rings (SSSR count). The summed E-state index contributed by atoms with van der Waals surface area (Å²) in [5, 5.41) is 2.89. The molecule has 0 aromatic heterocycles. The minimum absolute atomic E-state index is 0.0236. The number of carbonyl (C=O) groups excluding carboxylic acids is 2. The maximum absolute atomic E-state index is 12.7. The molecule has 0 spiro atoms. The first-order chi connectivity index (χ1) is 13.1. The predicted octanol–water partition coefficient (Wildman–Crippen LogP) is 4.17. The fourth-order valence-electron chi connectivity index (χ4n) is 3.25. The largest absolute Gasteiger partial charge is 0.479 e. The Labute approximate surface area is 160 Å². The van der Waals surface area contributed by atoms with Gasteiger partial charge in [0.25, 0.3) is 5.91 Å². The summed E-state index contributed by atoms with van der Waals surface area (Å²) in [6.07, 6.45) is 2.53. The Hall–Kier alpha value is -2.82. The normalized spacial score (nSPS) is 15.9. The average molecular weight is 366 g/mol. The van der Waals surface area contributed by atoms with Crippen LogP contribution in [-0.4, -0.2) is 24.5 Å². The van der Waals surface area contributed by atoms with Gasteiger partial charge in [-0.2, -0.15) is 0 Å². The Bertz CT molecular complexity index is 804. The molecule has 1 N–H and O–H groups in total. The number of ether oxygens (including phenoxy) is 1. The van der Waals surface area contributed by atoms with Gasteiger partial charge >= 0.3 is 0 Å².